The molecule has 0 spiro atoms. The van der Waals surface area contributed by atoms with Gasteiger partial charge in [0.15, 0.2) is 5.82 Å². The van der Waals surface area contributed by atoms with Gasteiger partial charge in [0.2, 0.25) is 5.91 Å². The van der Waals surface area contributed by atoms with E-state index in [9.17, 15) is 4.79 Å². The molecule has 2 aromatic heterocycles. The Morgan fingerprint density at radius 3 is 2.39 bits per heavy atom. The van der Waals surface area contributed by atoms with Gasteiger partial charge in [-0.15, -0.1) is 0 Å². The Hall–Kier alpha value is -3.42. The highest BCUT2D eigenvalue weighted by atomic mass is 16.5. The molecule has 0 unspecified atom stereocenters. The highest BCUT2D eigenvalue weighted by molar-refractivity contribution is 5.79. The van der Waals surface area contributed by atoms with Crippen molar-refractivity contribution in [1.82, 2.24) is 24.6 Å². The highest BCUT2D eigenvalue weighted by Gasteiger charge is 2.23. The Kier molecular flexibility index (Phi) is 5.88. The van der Waals surface area contributed by atoms with Crippen molar-refractivity contribution in [3.8, 4) is 11.6 Å². The lowest BCUT2D eigenvalue weighted by atomic mass is 10.1. The summed E-state index contributed by atoms with van der Waals surface area (Å²) in [5.74, 6) is 3.21. The van der Waals surface area contributed by atoms with Crippen LogP contribution in [-0.2, 0) is 11.2 Å². The van der Waals surface area contributed by atoms with Crippen LogP contribution in [0.15, 0.2) is 36.4 Å². The van der Waals surface area contributed by atoms with Crippen molar-refractivity contribution in [2.24, 2.45) is 0 Å². The molecular weight excluding hydrogens is 392 g/mol. The van der Waals surface area contributed by atoms with Crippen molar-refractivity contribution >= 4 is 11.7 Å². The summed E-state index contributed by atoms with van der Waals surface area (Å²) < 4.78 is 7.22. The van der Waals surface area contributed by atoms with Crippen LogP contribution in [0.25, 0.3) is 5.82 Å². The average Bonchev–Trinajstić information content (AvgIpc) is 3.11. The van der Waals surface area contributed by atoms with E-state index >= 15 is 0 Å². The Morgan fingerprint density at radius 1 is 1.00 bits per heavy atom. The summed E-state index contributed by atoms with van der Waals surface area (Å²) in [5.41, 5.74) is 2.91. The Balaban J connectivity index is 1.44. The Morgan fingerprint density at radius 2 is 1.71 bits per heavy atom. The fourth-order valence-corrected chi connectivity index (χ4v) is 3.98. The maximum absolute atomic E-state index is 12.8. The number of hydrogen-bond acceptors (Lipinski definition) is 6. The fourth-order valence-electron chi connectivity index (χ4n) is 3.98. The Labute approximate surface area is 182 Å². The third-order valence-electron chi connectivity index (χ3n) is 5.53. The van der Waals surface area contributed by atoms with Crippen molar-refractivity contribution in [2.75, 3.05) is 38.2 Å². The summed E-state index contributed by atoms with van der Waals surface area (Å²) in [6, 6.07) is 11.7. The Bertz CT molecular complexity index is 1090. The molecule has 3 heterocycles. The number of rotatable bonds is 5. The predicted molar refractivity (Wildman–Crippen MR) is 119 cm³/mol. The third-order valence-corrected chi connectivity index (χ3v) is 5.53. The van der Waals surface area contributed by atoms with Crippen LogP contribution in [0.4, 0.5) is 5.82 Å². The quantitative estimate of drug-likeness (QED) is 0.631. The van der Waals surface area contributed by atoms with Gasteiger partial charge in [0.25, 0.3) is 0 Å². The molecule has 1 amide bonds. The molecule has 0 bridgehead atoms. The smallest absolute Gasteiger partial charge is 0.227 e. The summed E-state index contributed by atoms with van der Waals surface area (Å²) >= 11 is 0. The van der Waals surface area contributed by atoms with Crippen LogP contribution in [0.5, 0.6) is 5.75 Å². The van der Waals surface area contributed by atoms with E-state index < -0.39 is 0 Å². The first kappa shape index (κ1) is 20.8. The number of benzene rings is 1. The molecule has 4 rings (SSSR count). The lowest BCUT2D eigenvalue weighted by Crippen LogP contribution is -2.49. The third kappa shape index (κ3) is 4.52. The minimum Gasteiger partial charge on any atom is -0.496 e. The van der Waals surface area contributed by atoms with E-state index in [4.69, 9.17) is 4.74 Å². The molecule has 1 aliphatic heterocycles. The standard InChI is InChI=1S/C23H28N6O2/c1-16-13-17(2)29(26-16)22-15-21(24-18(3)25-22)27-9-11-28(12-10-27)23(30)14-19-7-5-6-8-20(19)31-4/h5-8,13,15H,9-12,14H2,1-4H3. The van der Waals surface area contributed by atoms with Gasteiger partial charge in [-0.2, -0.15) is 5.10 Å². The lowest BCUT2D eigenvalue weighted by Gasteiger charge is -2.35. The van der Waals surface area contributed by atoms with Crippen molar-refractivity contribution in [3.63, 3.8) is 0 Å². The molecule has 31 heavy (non-hydrogen) atoms. The SMILES string of the molecule is COc1ccccc1CC(=O)N1CCN(c2cc(-n3nc(C)cc3C)nc(C)n2)CC1. The number of para-hydroxylation sites is 1. The normalized spacial score (nSPS) is 14.1. The fraction of sp³-hybridized carbons (Fsp3) is 0.391. The molecule has 0 aliphatic carbocycles. The van der Waals surface area contributed by atoms with Crippen LogP contribution in [-0.4, -0.2) is 63.8 Å². The second-order valence-electron chi connectivity index (χ2n) is 7.83. The molecule has 0 saturated carbocycles. The van der Waals surface area contributed by atoms with Gasteiger partial charge in [0.1, 0.15) is 17.4 Å². The summed E-state index contributed by atoms with van der Waals surface area (Å²) in [4.78, 5) is 26.1. The number of aromatic nitrogens is 4. The minimum atomic E-state index is 0.117. The van der Waals surface area contributed by atoms with Gasteiger partial charge in [-0.3, -0.25) is 4.79 Å². The first-order valence-corrected chi connectivity index (χ1v) is 10.5. The van der Waals surface area contributed by atoms with Crippen molar-refractivity contribution < 1.29 is 9.53 Å². The molecule has 1 aromatic carbocycles. The number of aryl methyl sites for hydroxylation is 3. The molecule has 1 fully saturated rings. The minimum absolute atomic E-state index is 0.117. The van der Waals surface area contributed by atoms with Crippen LogP contribution in [0, 0.1) is 20.8 Å². The number of ether oxygens (including phenoxy) is 1. The van der Waals surface area contributed by atoms with Crippen LogP contribution in [0.1, 0.15) is 22.8 Å². The van der Waals surface area contributed by atoms with Gasteiger partial charge in [-0.05, 0) is 32.9 Å². The maximum Gasteiger partial charge on any atom is 0.227 e. The maximum atomic E-state index is 12.8. The number of methoxy groups -OCH3 is 1. The van der Waals surface area contributed by atoms with Gasteiger partial charge >= 0.3 is 0 Å². The van der Waals surface area contributed by atoms with Gasteiger partial charge in [-0.25, -0.2) is 14.6 Å². The number of carbonyl (C=O) groups excluding carboxylic acids is 1. The van der Waals surface area contributed by atoms with Crippen molar-refractivity contribution in [3.05, 3.63) is 59.2 Å². The van der Waals surface area contributed by atoms with E-state index in [-0.39, 0.29) is 5.91 Å². The number of nitrogens with zero attached hydrogens (tertiary/aromatic N) is 6. The first-order chi connectivity index (χ1) is 14.9. The number of hydrogen-bond donors (Lipinski definition) is 0. The topological polar surface area (TPSA) is 76.4 Å². The number of carbonyl (C=O) groups is 1. The predicted octanol–water partition coefficient (Wildman–Crippen LogP) is 2.49. The zero-order valence-electron chi connectivity index (χ0n) is 18.5. The van der Waals surface area contributed by atoms with Crippen LogP contribution in [0.2, 0.25) is 0 Å². The number of anilines is 1. The number of piperazine rings is 1. The highest BCUT2D eigenvalue weighted by Crippen LogP contribution is 2.21. The zero-order valence-corrected chi connectivity index (χ0v) is 18.5. The summed E-state index contributed by atoms with van der Waals surface area (Å²) in [6.07, 6.45) is 0.346. The summed E-state index contributed by atoms with van der Waals surface area (Å²) in [5, 5.41) is 4.54. The lowest BCUT2D eigenvalue weighted by molar-refractivity contribution is -0.130. The van der Waals surface area contributed by atoms with E-state index in [1.54, 1.807) is 7.11 Å². The van der Waals surface area contributed by atoms with E-state index in [1.165, 1.54) is 0 Å². The van der Waals surface area contributed by atoms with Crippen LogP contribution >= 0.6 is 0 Å². The molecule has 8 nitrogen and oxygen atoms in total. The molecule has 3 aromatic rings. The zero-order chi connectivity index (χ0) is 22.0. The molecule has 0 atom stereocenters. The number of amides is 1. The molecule has 162 valence electrons. The molecule has 0 radical (unpaired) electrons. The van der Waals surface area contributed by atoms with E-state index in [0.717, 1.165) is 47.4 Å². The summed E-state index contributed by atoms with van der Waals surface area (Å²) in [6.45, 7) is 8.66. The molecule has 0 N–H and O–H groups in total. The largest absolute Gasteiger partial charge is 0.496 e. The second-order valence-corrected chi connectivity index (χ2v) is 7.83. The monoisotopic (exact) mass is 420 g/mol. The van der Waals surface area contributed by atoms with Crippen LogP contribution in [0.3, 0.4) is 0 Å². The van der Waals surface area contributed by atoms with Gasteiger partial charge in [0, 0.05) is 43.5 Å². The van der Waals surface area contributed by atoms with Crippen molar-refractivity contribution in [1.29, 1.82) is 0 Å². The van der Waals surface area contributed by atoms with Crippen molar-refractivity contribution in [2.45, 2.75) is 27.2 Å². The molecule has 1 aliphatic rings. The van der Waals surface area contributed by atoms with E-state index in [1.807, 2.05) is 66.8 Å². The first-order valence-electron chi connectivity index (χ1n) is 10.5. The second kappa shape index (κ2) is 8.75. The van der Waals surface area contributed by atoms with Gasteiger partial charge < -0.3 is 14.5 Å². The molecular formula is C23H28N6O2. The van der Waals surface area contributed by atoms with Gasteiger partial charge in [-0.1, -0.05) is 18.2 Å². The van der Waals surface area contributed by atoms with E-state index in [0.29, 0.717) is 25.3 Å². The van der Waals surface area contributed by atoms with Gasteiger partial charge in [0.05, 0.1) is 19.2 Å². The molecule has 1 saturated heterocycles. The molecule has 8 heteroatoms. The summed E-state index contributed by atoms with van der Waals surface area (Å²) in [7, 11) is 1.63. The van der Waals surface area contributed by atoms with Crippen LogP contribution < -0.4 is 9.64 Å². The average molecular weight is 421 g/mol. The van der Waals surface area contributed by atoms with E-state index in [2.05, 4.69) is 20.0 Å².